The highest BCUT2D eigenvalue weighted by molar-refractivity contribution is 7.91. The monoisotopic (exact) mass is 418 g/mol. The lowest BCUT2D eigenvalue weighted by molar-refractivity contribution is 0.594. The highest BCUT2D eigenvalue weighted by Gasteiger charge is 2.24. The summed E-state index contributed by atoms with van der Waals surface area (Å²) in [6, 6.07) is 10.5. The number of aromatic nitrogens is 1. The van der Waals surface area contributed by atoms with Crippen molar-refractivity contribution in [1.29, 1.82) is 0 Å². The summed E-state index contributed by atoms with van der Waals surface area (Å²) in [5, 5.41) is 2.93. The quantitative estimate of drug-likeness (QED) is 0.553. The van der Waals surface area contributed by atoms with Gasteiger partial charge in [0.2, 0.25) is 9.84 Å². The molecule has 0 radical (unpaired) electrons. The summed E-state index contributed by atoms with van der Waals surface area (Å²) in [7, 11) is -3.96. The van der Waals surface area contributed by atoms with E-state index in [1.807, 2.05) is 32.9 Å². The Hall–Kier alpha value is -2.44. The van der Waals surface area contributed by atoms with Gasteiger partial charge >= 0.3 is 0 Å². The van der Waals surface area contributed by atoms with Gasteiger partial charge in [0.1, 0.15) is 16.5 Å². The molecule has 28 heavy (non-hydrogen) atoms. The van der Waals surface area contributed by atoms with Crippen LogP contribution in [0.4, 0.5) is 15.9 Å². The molecule has 4 nitrogen and oxygen atoms in total. The summed E-state index contributed by atoms with van der Waals surface area (Å²) < 4.78 is 39.8. The van der Waals surface area contributed by atoms with E-state index in [2.05, 4.69) is 10.3 Å². The van der Waals surface area contributed by atoms with Crippen LogP contribution in [0.15, 0.2) is 52.3 Å². The average molecular weight is 419 g/mol. The number of halogens is 2. The standard InChI is InChI=1S/C21H20ClFN2O2S/c1-12-9-13(2)20(14(3)10-12)25-21-19(8-5-15(4)24-21)28(26,27)16-6-7-18(23)17(22)11-16/h5-11H,1-4H3,(H,24,25). The van der Waals surface area contributed by atoms with Gasteiger partial charge in [-0.15, -0.1) is 0 Å². The number of hydrogen-bond acceptors (Lipinski definition) is 4. The molecular formula is C21H20ClFN2O2S. The Morgan fingerprint density at radius 3 is 2.21 bits per heavy atom. The predicted molar refractivity (Wildman–Crippen MR) is 110 cm³/mol. The van der Waals surface area contributed by atoms with E-state index >= 15 is 0 Å². The Bertz CT molecular complexity index is 1150. The first kappa shape index (κ1) is 20.3. The van der Waals surface area contributed by atoms with Crippen LogP contribution in [0.2, 0.25) is 5.02 Å². The molecule has 0 amide bonds. The SMILES string of the molecule is Cc1cc(C)c(Nc2nc(C)ccc2S(=O)(=O)c2ccc(F)c(Cl)c2)c(C)c1. The minimum Gasteiger partial charge on any atom is -0.339 e. The third-order valence-electron chi connectivity index (χ3n) is 4.41. The van der Waals surface area contributed by atoms with E-state index in [1.54, 1.807) is 13.0 Å². The minimum atomic E-state index is -3.96. The van der Waals surface area contributed by atoms with Gasteiger partial charge in [-0.2, -0.15) is 0 Å². The first-order valence-electron chi connectivity index (χ1n) is 8.62. The van der Waals surface area contributed by atoms with E-state index in [0.717, 1.165) is 34.5 Å². The highest BCUT2D eigenvalue weighted by Crippen LogP contribution is 2.32. The maximum atomic E-state index is 13.5. The molecule has 0 atom stereocenters. The zero-order valence-electron chi connectivity index (χ0n) is 16.0. The number of aryl methyl sites for hydroxylation is 4. The number of hydrogen-bond donors (Lipinski definition) is 1. The van der Waals surface area contributed by atoms with Gasteiger partial charge in [0.15, 0.2) is 0 Å². The average Bonchev–Trinajstić information content (AvgIpc) is 2.60. The van der Waals surface area contributed by atoms with Gasteiger partial charge in [0.25, 0.3) is 0 Å². The molecule has 3 rings (SSSR count). The molecule has 0 saturated carbocycles. The van der Waals surface area contributed by atoms with Crippen molar-refractivity contribution in [2.45, 2.75) is 37.5 Å². The van der Waals surface area contributed by atoms with Crippen molar-refractivity contribution in [3.05, 3.63) is 75.7 Å². The molecule has 0 bridgehead atoms. The fourth-order valence-corrected chi connectivity index (χ4v) is 4.73. The molecule has 1 aromatic heterocycles. The third kappa shape index (κ3) is 3.88. The zero-order chi connectivity index (χ0) is 20.6. The zero-order valence-corrected chi connectivity index (χ0v) is 17.5. The molecule has 3 aromatic rings. The Morgan fingerprint density at radius 2 is 1.61 bits per heavy atom. The second-order valence-electron chi connectivity index (χ2n) is 6.78. The van der Waals surface area contributed by atoms with E-state index < -0.39 is 15.7 Å². The summed E-state index contributed by atoms with van der Waals surface area (Å²) in [5.41, 5.74) is 4.55. The maximum Gasteiger partial charge on any atom is 0.210 e. The van der Waals surface area contributed by atoms with Gasteiger partial charge in [-0.3, -0.25) is 0 Å². The van der Waals surface area contributed by atoms with Gasteiger partial charge in [-0.25, -0.2) is 17.8 Å². The summed E-state index contributed by atoms with van der Waals surface area (Å²) in [5.74, 6) is -0.456. The van der Waals surface area contributed by atoms with E-state index in [0.29, 0.717) is 5.69 Å². The largest absolute Gasteiger partial charge is 0.339 e. The van der Waals surface area contributed by atoms with Crippen LogP contribution in [0.5, 0.6) is 0 Å². The van der Waals surface area contributed by atoms with Crippen LogP contribution in [0, 0.1) is 33.5 Å². The number of anilines is 2. The van der Waals surface area contributed by atoms with Crippen molar-refractivity contribution in [1.82, 2.24) is 4.98 Å². The van der Waals surface area contributed by atoms with Gasteiger partial charge in [-0.1, -0.05) is 29.3 Å². The van der Waals surface area contributed by atoms with Crippen LogP contribution in [0.25, 0.3) is 0 Å². The summed E-state index contributed by atoms with van der Waals surface area (Å²) >= 11 is 5.79. The van der Waals surface area contributed by atoms with E-state index in [9.17, 15) is 12.8 Å². The number of benzene rings is 2. The lowest BCUT2D eigenvalue weighted by atomic mass is 10.1. The topological polar surface area (TPSA) is 59.1 Å². The van der Waals surface area contributed by atoms with Crippen molar-refractivity contribution >= 4 is 32.9 Å². The predicted octanol–water partition coefficient (Wildman–Crippen LogP) is 5.68. The van der Waals surface area contributed by atoms with Crippen LogP contribution in [-0.4, -0.2) is 13.4 Å². The van der Waals surface area contributed by atoms with Crippen molar-refractivity contribution in [3.8, 4) is 0 Å². The molecule has 0 spiro atoms. The number of pyridine rings is 1. The fraction of sp³-hybridized carbons (Fsp3) is 0.190. The van der Waals surface area contributed by atoms with E-state index in [4.69, 9.17) is 11.6 Å². The highest BCUT2D eigenvalue weighted by atomic mass is 35.5. The molecule has 2 aromatic carbocycles. The summed E-state index contributed by atoms with van der Waals surface area (Å²) in [6.07, 6.45) is 0. The molecule has 0 aliphatic rings. The van der Waals surface area contributed by atoms with Crippen molar-refractivity contribution in [2.75, 3.05) is 5.32 Å². The smallest absolute Gasteiger partial charge is 0.210 e. The minimum absolute atomic E-state index is 0.000139. The first-order chi connectivity index (χ1) is 13.1. The molecule has 1 heterocycles. The summed E-state index contributed by atoms with van der Waals surface area (Å²) in [6.45, 7) is 7.69. The molecule has 0 aliphatic carbocycles. The van der Waals surface area contributed by atoms with Gasteiger partial charge in [-0.05, 0) is 69.2 Å². The van der Waals surface area contributed by atoms with Crippen LogP contribution in [0.3, 0.4) is 0 Å². The van der Waals surface area contributed by atoms with Gasteiger partial charge < -0.3 is 5.32 Å². The van der Waals surface area contributed by atoms with Crippen LogP contribution >= 0.6 is 11.6 Å². The Labute approximate surface area is 169 Å². The second kappa shape index (κ2) is 7.53. The molecule has 0 fully saturated rings. The van der Waals surface area contributed by atoms with Crippen molar-refractivity contribution in [3.63, 3.8) is 0 Å². The summed E-state index contributed by atoms with van der Waals surface area (Å²) in [4.78, 5) is 4.32. The molecule has 0 aliphatic heterocycles. The normalized spacial score (nSPS) is 11.5. The molecule has 0 saturated heterocycles. The fourth-order valence-electron chi connectivity index (χ4n) is 3.12. The molecule has 1 N–H and O–H groups in total. The maximum absolute atomic E-state index is 13.5. The molecule has 0 unspecified atom stereocenters. The first-order valence-corrected chi connectivity index (χ1v) is 10.5. The van der Waals surface area contributed by atoms with E-state index in [-0.39, 0.29) is 20.6 Å². The van der Waals surface area contributed by atoms with Crippen LogP contribution < -0.4 is 5.32 Å². The van der Waals surface area contributed by atoms with Crippen molar-refractivity contribution in [2.24, 2.45) is 0 Å². The second-order valence-corrected chi connectivity index (χ2v) is 9.10. The van der Waals surface area contributed by atoms with Crippen LogP contribution in [0.1, 0.15) is 22.4 Å². The van der Waals surface area contributed by atoms with E-state index in [1.165, 1.54) is 12.1 Å². The number of sulfone groups is 1. The number of nitrogens with zero attached hydrogens (tertiary/aromatic N) is 1. The lowest BCUT2D eigenvalue weighted by Crippen LogP contribution is -2.09. The Kier molecular flexibility index (Phi) is 5.46. The molecule has 146 valence electrons. The molecular weight excluding hydrogens is 399 g/mol. The number of nitrogens with one attached hydrogen (secondary N) is 1. The number of rotatable bonds is 4. The lowest BCUT2D eigenvalue weighted by Gasteiger charge is -2.17. The van der Waals surface area contributed by atoms with Gasteiger partial charge in [0.05, 0.1) is 9.92 Å². The Balaban J connectivity index is 2.15. The van der Waals surface area contributed by atoms with Crippen LogP contribution in [-0.2, 0) is 9.84 Å². The van der Waals surface area contributed by atoms with Gasteiger partial charge in [0, 0.05) is 11.4 Å². The molecule has 7 heteroatoms. The van der Waals surface area contributed by atoms with Crippen molar-refractivity contribution < 1.29 is 12.8 Å². The third-order valence-corrected chi connectivity index (χ3v) is 6.48. The Morgan fingerprint density at radius 1 is 0.964 bits per heavy atom.